The van der Waals surface area contributed by atoms with Crippen molar-refractivity contribution in [3.63, 3.8) is 0 Å². The minimum atomic E-state index is -0.112. The third-order valence-corrected chi connectivity index (χ3v) is 3.16. The van der Waals surface area contributed by atoms with Crippen LogP contribution >= 0.6 is 0 Å². The van der Waals surface area contributed by atoms with Crippen molar-refractivity contribution in [2.45, 2.75) is 20.8 Å². The molecule has 0 radical (unpaired) electrons. The zero-order chi connectivity index (χ0) is 16.8. The van der Waals surface area contributed by atoms with E-state index in [4.69, 9.17) is 0 Å². The highest BCUT2D eigenvalue weighted by molar-refractivity contribution is 5.94. The fourth-order valence-corrected chi connectivity index (χ4v) is 2.31. The van der Waals surface area contributed by atoms with Gasteiger partial charge in [-0.05, 0) is 61.4 Å². The molecule has 0 saturated carbocycles. The van der Waals surface area contributed by atoms with E-state index < -0.39 is 0 Å². The molecule has 0 aliphatic heterocycles. The maximum Gasteiger partial charge on any atom is 0.243 e. The van der Waals surface area contributed by atoms with Gasteiger partial charge >= 0.3 is 0 Å². The summed E-state index contributed by atoms with van der Waals surface area (Å²) in [5.74, 6) is -0.223. The highest BCUT2D eigenvalue weighted by Crippen LogP contribution is 2.15. The smallest absolute Gasteiger partial charge is 0.243 e. The van der Waals surface area contributed by atoms with E-state index in [9.17, 15) is 9.59 Å². The van der Waals surface area contributed by atoms with Gasteiger partial charge < -0.3 is 16.0 Å². The molecule has 0 fully saturated rings. The lowest BCUT2D eigenvalue weighted by Gasteiger charge is -2.10. The molecule has 0 heterocycles. The van der Waals surface area contributed by atoms with Crippen molar-refractivity contribution >= 4 is 28.9 Å². The van der Waals surface area contributed by atoms with Crippen LogP contribution in [-0.2, 0) is 9.59 Å². The number of carbonyl (C=O) groups excluding carboxylic acids is 2. The topological polar surface area (TPSA) is 70.2 Å². The highest BCUT2D eigenvalue weighted by atomic mass is 16.2. The van der Waals surface area contributed by atoms with Crippen LogP contribution in [0.25, 0.3) is 0 Å². The molecule has 2 amide bonds. The van der Waals surface area contributed by atoms with Crippen LogP contribution in [0, 0.1) is 13.8 Å². The number of hydrogen-bond acceptors (Lipinski definition) is 3. The molecule has 5 nitrogen and oxygen atoms in total. The average Bonchev–Trinajstić information content (AvgIpc) is 2.45. The normalized spacial score (nSPS) is 10.0. The zero-order valence-corrected chi connectivity index (χ0v) is 13.6. The maximum absolute atomic E-state index is 12.0. The first-order chi connectivity index (χ1) is 10.9. The summed E-state index contributed by atoms with van der Waals surface area (Å²) in [5.41, 5.74) is 4.57. The van der Waals surface area contributed by atoms with Gasteiger partial charge in [-0.25, -0.2) is 0 Å². The van der Waals surface area contributed by atoms with E-state index in [1.54, 1.807) is 12.1 Å². The first kappa shape index (κ1) is 16.5. The number of aryl methyl sites for hydroxylation is 2. The van der Waals surface area contributed by atoms with Crippen LogP contribution in [0.4, 0.5) is 17.1 Å². The molecule has 0 atom stereocenters. The van der Waals surface area contributed by atoms with Crippen molar-refractivity contribution in [2.75, 3.05) is 22.5 Å². The predicted octanol–water partition coefficient (Wildman–Crippen LogP) is 3.31. The summed E-state index contributed by atoms with van der Waals surface area (Å²) in [6.07, 6.45) is 0. The van der Waals surface area contributed by atoms with Gasteiger partial charge in [0.15, 0.2) is 0 Å². The van der Waals surface area contributed by atoms with Crippen LogP contribution in [0.5, 0.6) is 0 Å². The molecule has 0 aliphatic carbocycles. The van der Waals surface area contributed by atoms with E-state index >= 15 is 0 Å². The van der Waals surface area contributed by atoms with Gasteiger partial charge in [-0.1, -0.05) is 6.07 Å². The number of carbonyl (C=O) groups is 2. The largest absolute Gasteiger partial charge is 0.376 e. The van der Waals surface area contributed by atoms with Gasteiger partial charge in [-0.15, -0.1) is 0 Å². The molecule has 0 bridgehead atoms. The average molecular weight is 311 g/mol. The SMILES string of the molecule is CC(=O)Nc1ccc(NCC(=O)Nc2cc(C)cc(C)c2)cc1. The lowest BCUT2D eigenvalue weighted by Crippen LogP contribution is -2.21. The molecule has 3 N–H and O–H groups in total. The summed E-state index contributed by atoms with van der Waals surface area (Å²) in [6.45, 7) is 5.63. The van der Waals surface area contributed by atoms with Crippen molar-refractivity contribution in [3.05, 3.63) is 53.6 Å². The van der Waals surface area contributed by atoms with E-state index in [-0.39, 0.29) is 18.4 Å². The van der Waals surface area contributed by atoms with Crippen molar-refractivity contribution < 1.29 is 9.59 Å². The van der Waals surface area contributed by atoms with E-state index in [1.165, 1.54) is 6.92 Å². The Bertz CT molecular complexity index is 688. The van der Waals surface area contributed by atoms with Gasteiger partial charge in [0.05, 0.1) is 6.54 Å². The third kappa shape index (κ3) is 5.47. The molecule has 120 valence electrons. The summed E-state index contributed by atoms with van der Waals surface area (Å²) in [7, 11) is 0. The van der Waals surface area contributed by atoms with Gasteiger partial charge in [0.1, 0.15) is 0 Å². The first-order valence-corrected chi connectivity index (χ1v) is 7.42. The van der Waals surface area contributed by atoms with Crippen LogP contribution in [0.3, 0.4) is 0 Å². The number of rotatable bonds is 5. The van der Waals surface area contributed by atoms with Crippen LogP contribution in [0.1, 0.15) is 18.1 Å². The Labute approximate surface area is 136 Å². The second-order valence-electron chi connectivity index (χ2n) is 5.54. The van der Waals surface area contributed by atoms with Crippen LogP contribution < -0.4 is 16.0 Å². The second kappa shape index (κ2) is 7.45. The van der Waals surface area contributed by atoms with Crippen molar-refractivity contribution in [1.82, 2.24) is 0 Å². The number of anilines is 3. The van der Waals surface area contributed by atoms with Crippen molar-refractivity contribution in [2.24, 2.45) is 0 Å². The Morgan fingerprint density at radius 1 is 0.826 bits per heavy atom. The summed E-state index contributed by atoms with van der Waals surface area (Å²) in [6, 6.07) is 13.1. The zero-order valence-electron chi connectivity index (χ0n) is 13.6. The number of hydrogen-bond donors (Lipinski definition) is 3. The molecule has 2 aromatic carbocycles. The molecule has 5 heteroatoms. The quantitative estimate of drug-likeness (QED) is 0.793. The van der Waals surface area contributed by atoms with Crippen molar-refractivity contribution in [3.8, 4) is 0 Å². The lowest BCUT2D eigenvalue weighted by atomic mass is 10.1. The minimum Gasteiger partial charge on any atom is -0.376 e. The monoisotopic (exact) mass is 311 g/mol. The molecule has 0 saturated heterocycles. The van der Waals surface area contributed by atoms with E-state index in [0.29, 0.717) is 0 Å². The second-order valence-corrected chi connectivity index (χ2v) is 5.54. The molecule has 0 unspecified atom stereocenters. The van der Waals surface area contributed by atoms with Gasteiger partial charge in [0.2, 0.25) is 11.8 Å². The van der Waals surface area contributed by atoms with Gasteiger partial charge in [0.25, 0.3) is 0 Å². The molecule has 2 rings (SSSR count). The van der Waals surface area contributed by atoms with E-state index in [0.717, 1.165) is 28.2 Å². The summed E-state index contributed by atoms with van der Waals surface area (Å²) in [5, 5.41) is 8.62. The summed E-state index contributed by atoms with van der Waals surface area (Å²) >= 11 is 0. The molecule has 0 spiro atoms. The fraction of sp³-hybridized carbons (Fsp3) is 0.222. The van der Waals surface area contributed by atoms with Crippen molar-refractivity contribution in [1.29, 1.82) is 0 Å². The number of benzene rings is 2. The van der Waals surface area contributed by atoms with Crippen LogP contribution in [0.2, 0.25) is 0 Å². The van der Waals surface area contributed by atoms with E-state index in [2.05, 4.69) is 22.0 Å². The molecule has 0 aliphatic rings. The first-order valence-electron chi connectivity index (χ1n) is 7.42. The van der Waals surface area contributed by atoms with E-state index in [1.807, 2.05) is 38.1 Å². The summed E-state index contributed by atoms with van der Waals surface area (Å²) in [4.78, 5) is 22.9. The van der Waals surface area contributed by atoms with Gasteiger partial charge in [-0.2, -0.15) is 0 Å². The van der Waals surface area contributed by atoms with Crippen LogP contribution in [0.15, 0.2) is 42.5 Å². The Morgan fingerprint density at radius 3 is 1.96 bits per heavy atom. The standard InChI is InChI=1S/C18H21N3O2/c1-12-8-13(2)10-17(9-12)21-18(23)11-19-15-4-6-16(7-5-15)20-14(3)22/h4-10,19H,11H2,1-3H3,(H,20,22)(H,21,23). The Hall–Kier alpha value is -2.82. The van der Waals surface area contributed by atoms with Gasteiger partial charge in [-0.3, -0.25) is 9.59 Å². The Morgan fingerprint density at radius 2 is 1.39 bits per heavy atom. The molecular weight excluding hydrogens is 290 g/mol. The lowest BCUT2D eigenvalue weighted by molar-refractivity contribution is -0.115. The predicted molar refractivity (Wildman–Crippen MR) is 93.8 cm³/mol. The molecular formula is C18H21N3O2. The number of amides is 2. The minimum absolute atomic E-state index is 0.110. The van der Waals surface area contributed by atoms with Gasteiger partial charge in [0, 0.05) is 24.0 Å². The Kier molecular flexibility index (Phi) is 5.36. The highest BCUT2D eigenvalue weighted by Gasteiger charge is 2.04. The molecule has 0 aromatic heterocycles. The molecule has 2 aromatic rings. The third-order valence-electron chi connectivity index (χ3n) is 3.16. The maximum atomic E-state index is 12.0. The number of nitrogens with one attached hydrogen (secondary N) is 3. The summed E-state index contributed by atoms with van der Waals surface area (Å²) < 4.78 is 0. The Balaban J connectivity index is 1.87. The molecule has 23 heavy (non-hydrogen) atoms. The fourth-order valence-electron chi connectivity index (χ4n) is 2.31. The van der Waals surface area contributed by atoms with Crippen LogP contribution in [-0.4, -0.2) is 18.4 Å².